The van der Waals surface area contributed by atoms with Crippen LogP contribution in [0.3, 0.4) is 0 Å². The molecule has 0 aliphatic heterocycles. The summed E-state index contributed by atoms with van der Waals surface area (Å²) in [6.07, 6.45) is 0. The average Bonchev–Trinajstić information content (AvgIpc) is 2.66. The quantitative estimate of drug-likeness (QED) is 0.605. The van der Waals surface area contributed by atoms with Crippen LogP contribution in [-0.4, -0.2) is 27.7 Å². The van der Waals surface area contributed by atoms with Crippen LogP contribution in [0.5, 0.6) is 0 Å². The van der Waals surface area contributed by atoms with Gasteiger partial charge in [-0.15, -0.1) is 0 Å². The van der Waals surface area contributed by atoms with Crippen molar-refractivity contribution in [2.45, 2.75) is 19.9 Å². The Morgan fingerprint density at radius 3 is 2.88 bits per heavy atom. The normalized spacial score (nSPS) is 13.2. The smallest absolute Gasteiger partial charge is 0.201 e. The lowest BCUT2D eigenvalue weighted by Gasteiger charge is -2.18. The largest absolute Gasteiger partial charge is 0.399 e. The molecule has 0 fully saturated rings. The lowest BCUT2D eigenvalue weighted by atomic mass is 10.1. The Balaban J connectivity index is 2.24. The van der Waals surface area contributed by atoms with Crippen molar-refractivity contribution in [1.82, 2.24) is 9.97 Å². The Hall–Kier alpha value is -1.75. The highest BCUT2D eigenvalue weighted by Crippen LogP contribution is 2.18. The number of aliphatic hydroxyl groups is 1. The molecule has 0 radical (unpaired) electrons. The third kappa shape index (κ3) is 2.50. The molecule has 1 aromatic heterocycles. The summed E-state index contributed by atoms with van der Waals surface area (Å²) >= 11 is 0. The number of nitrogens with zero attached hydrogens (tertiary/aromatic N) is 1. The van der Waals surface area contributed by atoms with E-state index in [1.807, 2.05) is 18.2 Å². The fraction of sp³-hybridized carbons (Fsp3) is 0.417. The van der Waals surface area contributed by atoms with E-state index in [1.54, 1.807) is 0 Å². The van der Waals surface area contributed by atoms with Gasteiger partial charge in [-0.2, -0.15) is 0 Å². The summed E-state index contributed by atoms with van der Waals surface area (Å²) in [5, 5.41) is 12.4. The zero-order valence-electron chi connectivity index (χ0n) is 10.1. The minimum Gasteiger partial charge on any atom is -0.399 e. The van der Waals surface area contributed by atoms with Crippen LogP contribution in [-0.2, 0) is 0 Å². The zero-order valence-corrected chi connectivity index (χ0v) is 10.1. The molecule has 1 unspecified atom stereocenters. The third-order valence-corrected chi connectivity index (χ3v) is 2.83. The highest BCUT2D eigenvalue weighted by Gasteiger charge is 2.13. The molecule has 1 heterocycles. The molecule has 92 valence electrons. The van der Waals surface area contributed by atoms with Crippen molar-refractivity contribution in [3.05, 3.63) is 18.2 Å². The van der Waals surface area contributed by atoms with Crippen molar-refractivity contribution in [3.63, 3.8) is 0 Å². The van der Waals surface area contributed by atoms with Gasteiger partial charge in [0.1, 0.15) is 0 Å². The molecule has 5 nitrogen and oxygen atoms in total. The fourth-order valence-electron chi connectivity index (χ4n) is 1.69. The van der Waals surface area contributed by atoms with Crippen LogP contribution >= 0.6 is 0 Å². The maximum Gasteiger partial charge on any atom is 0.201 e. The lowest BCUT2D eigenvalue weighted by Crippen LogP contribution is -2.29. The number of benzene rings is 1. The van der Waals surface area contributed by atoms with E-state index in [-0.39, 0.29) is 12.6 Å². The summed E-state index contributed by atoms with van der Waals surface area (Å²) in [5.41, 5.74) is 8.16. The zero-order chi connectivity index (χ0) is 12.4. The summed E-state index contributed by atoms with van der Waals surface area (Å²) in [4.78, 5) is 7.53. The molecular weight excluding hydrogens is 216 g/mol. The Bertz CT molecular complexity index is 506. The molecule has 2 aromatic rings. The second kappa shape index (κ2) is 4.63. The van der Waals surface area contributed by atoms with E-state index in [0.717, 1.165) is 11.0 Å². The fourth-order valence-corrected chi connectivity index (χ4v) is 1.69. The lowest BCUT2D eigenvalue weighted by molar-refractivity contribution is 0.249. The van der Waals surface area contributed by atoms with Crippen LogP contribution in [0.1, 0.15) is 13.8 Å². The summed E-state index contributed by atoms with van der Waals surface area (Å²) < 4.78 is 0. The summed E-state index contributed by atoms with van der Waals surface area (Å²) in [5.74, 6) is 0.997. The van der Waals surface area contributed by atoms with Gasteiger partial charge in [-0.05, 0) is 24.1 Å². The molecule has 5 heteroatoms. The second-order valence-electron chi connectivity index (χ2n) is 4.54. The van der Waals surface area contributed by atoms with Crippen molar-refractivity contribution < 1.29 is 5.11 Å². The number of hydrogen-bond acceptors (Lipinski definition) is 4. The van der Waals surface area contributed by atoms with Gasteiger partial charge in [0.2, 0.25) is 5.95 Å². The van der Waals surface area contributed by atoms with Crippen molar-refractivity contribution in [3.8, 4) is 0 Å². The van der Waals surface area contributed by atoms with Gasteiger partial charge in [-0.25, -0.2) is 4.98 Å². The molecule has 0 bridgehead atoms. The number of aromatic nitrogens is 2. The number of fused-ring (bicyclic) bond motifs is 1. The molecule has 0 saturated heterocycles. The van der Waals surface area contributed by atoms with Gasteiger partial charge in [0.05, 0.1) is 23.7 Å². The molecule has 0 amide bonds. The number of H-pyrrole nitrogens is 1. The number of nitrogens with two attached hydrogens (primary N) is 1. The predicted molar refractivity (Wildman–Crippen MR) is 69.8 cm³/mol. The number of nitrogen functional groups attached to an aromatic ring is 1. The minimum absolute atomic E-state index is 0.00657. The summed E-state index contributed by atoms with van der Waals surface area (Å²) in [6, 6.07) is 5.53. The average molecular weight is 234 g/mol. The molecule has 17 heavy (non-hydrogen) atoms. The Labute approximate surface area is 100 Å². The number of aromatic amines is 1. The molecule has 0 saturated carbocycles. The van der Waals surface area contributed by atoms with Crippen molar-refractivity contribution in [2.75, 3.05) is 17.7 Å². The number of rotatable bonds is 4. The maximum absolute atomic E-state index is 9.25. The maximum atomic E-state index is 9.25. The molecule has 0 spiro atoms. The van der Waals surface area contributed by atoms with E-state index in [1.165, 1.54) is 0 Å². The van der Waals surface area contributed by atoms with E-state index in [2.05, 4.69) is 29.1 Å². The minimum atomic E-state index is -0.00657. The number of nitrogens with one attached hydrogen (secondary N) is 2. The third-order valence-electron chi connectivity index (χ3n) is 2.83. The molecule has 5 N–H and O–H groups in total. The second-order valence-corrected chi connectivity index (χ2v) is 4.54. The SMILES string of the molecule is CC(C)C(CO)Nc1nc2ccc(N)cc2[nH]1. The van der Waals surface area contributed by atoms with E-state index in [0.29, 0.717) is 17.6 Å². The van der Waals surface area contributed by atoms with Gasteiger partial charge >= 0.3 is 0 Å². The highest BCUT2D eigenvalue weighted by atomic mass is 16.3. The van der Waals surface area contributed by atoms with Gasteiger partial charge in [-0.1, -0.05) is 13.8 Å². The molecule has 1 atom stereocenters. The van der Waals surface area contributed by atoms with Gasteiger partial charge in [0, 0.05) is 5.69 Å². The van der Waals surface area contributed by atoms with Crippen LogP contribution in [0.2, 0.25) is 0 Å². The van der Waals surface area contributed by atoms with Gasteiger partial charge in [-0.3, -0.25) is 0 Å². The molecule has 0 aliphatic rings. The Morgan fingerprint density at radius 1 is 1.47 bits per heavy atom. The number of anilines is 2. The molecule has 0 aliphatic carbocycles. The van der Waals surface area contributed by atoms with E-state index in [9.17, 15) is 5.11 Å². The van der Waals surface area contributed by atoms with E-state index in [4.69, 9.17) is 5.73 Å². The first kappa shape index (κ1) is 11.7. The Kier molecular flexibility index (Phi) is 3.19. The number of hydrogen-bond donors (Lipinski definition) is 4. The first-order chi connectivity index (χ1) is 8.10. The monoisotopic (exact) mass is 234 g/mol. The molecular formula is C12H18N4O. The van der Waals surface area contributed by atoms with Crippen LogP contribution in [0.4, 0.5) is 11.6 Å². The van der Waals surface area contributed by atoms with Crippen LogP contribution in [0, 0.1) is 5.92 Å². The summed E-state index contributed by atoms with van der Waals surface area (Å²) in [7, 11) is 0. The molecule has 1 aromatic carbocycles. The van der Waals surface area contributed by atoms with Gasteiger partial charge < -0.3 is 21.1 Å². The Morgan fingerprint density at radius 2 is 2.24 bits per heavy atom. The van der Waals surface area contributed by atoms with Gasteiger partial charge in [0.15, 0.2) is 0 Å². The van der Waals surface area contributed by atoms with E-state index < -0.39 is 0 Å². The van der Waals surface area contributed by atoms with Crippen molar-refractivity contribution in [2.24, 2.45) is 5.92 Å². The first-order valence-corrected chi connectivity index (χ1v) is 5.73. The standard InChI is InChI=1S/C12H18N4O/c1-7(2)11(6-17)16-12-14-9-4-3-8(13)5-10(9)15-12/h3-5,7,11,17H,6,13H2,1-2H3,(H2,14,15,16). The van der Waals surface area contributed by atoms with Crippen molar-refractivity contribution >= 4 is 22.7 Å². The highest BCUT2D eigenvalue weighted by molar-refractivity contribution is 5.80. The predicted octanol–water partition coefficient (Wildman–Crippen LogP) is 1.57. The van der Waals surface area contributed by atoms with E-state index >= 15 is 0 Å². The molecule has 2 rings (SSSR count). The topological polar surface area (TPSA) is 87.0 Å². The summed E-state index contributed by atoms with van der Waals surface area (Å²) in [6.45, 7) is 4.18. The number of imidazole rings is 1. The van der Waals surface area contributed by atoms with Crippen LogP contribution in [0.25, 0.3) is 11.0 Å². The van der Waals surface area contributed by atoms with Crippen LogP contribution < -0.4 is 11.1 Å². The first-order valence-electron chi connectivity index (χ1n) is 5.73. The van der Waals surface area contributed by atoms with Gasteiger partial charge in [0.25, 0.3) is 0 Å². The number of aliphatic hydroxyl groups excluding tert-OH is 1. The van der Waals surface area contributed by atoms with Crippen molar-refractivity contribution in [1.29, 1.82) is 0 Å². The van der Waals surface area contributed by atoms with Crippen LogP contribution in [0.15, 0.2) is 18.2 Å².